The SMILES string of the molecule is Cc1ccccc1CNC(=O)C1CC1C(=O)N(C)CCc1ccncc1. The van der Waals surface area contributed by atoms with Crippen LogP contribution in [-0.2, 0) is 22.6 Å². The Kier molecular flexibility index (Phi) is 5.66. The van der Waals surface area contributed by atoms with Crippen molar-refractivity contribution in [2.24, 2.45) is 11.8 Å². The molecule has 1 fully saturated rings. The molecule has 26 heavy (non-hydrogen) atoms. The van der Waals surface area contributed by atoms with Crippen LogP contribution in [0, 0.1) is 18.8 Å². The van der Waals surface area contributed by atoms with Crippen molar-refractivity contribution >= 4 is 11.8 Å². The highest BCUT2D eigenvalue weighted by atomic mass is 16.2. The fourth-order valence-electron chi connectivity index (χ4n) is 3.12. The number of carbonyl (C=O) groups excluding carboxylic acids is 2. The smallest absolute Gasteiger partial charge is 0.226 e. The van der Waals surface area contributed by atoms with E-state index in [-0.39, 0.29) is 23.7 Å². The molecule has 5 heteroatoms. The summed E-state index contributed by atoms with van der Waals surface area (Å²) in [5.74, 6) is -0.312. The Labute approximate surface area is 154 Å². The van der Waals surface area contributed by atoms with Gasteiger partial charge in [0.25, 0.3) is 0 Å². The summed E-state index contributed by atoms with van der Waals surface area (Å²) in [6.07, 6.45) is 4.96. The van der Waals surface area contributed by atoms with E-state index in [1.165, 1.54) is 0 Å². The van der Waals surface area contributed by atoms with Gasteiger partial charge in [0.2, 0.25) is 11.8 Å². The van der Waals surface area contributed by atoms with Gasteiger partial charge in [-0.05, 0) is 48.6 Å². The van der Waals surface area contributed by atoms with E-state index in [0.29, 0.717) is 19.5 Å². The molecule has 0 saturated heterocycles. The quantitative estimate of drug-likeness (QED) is 0.833. The molecule has 0 bridgehead atoms. The molecule has 1 aliphatic rings. The topological polar surface area (TPSA) is 62.3 Å². The molecule has 2 atom stereocenters. The van der Waals surface area contributed by atoms with Gasteiger partial charge < -0.3 is 10.2 Å². The number of hydrogen-bond donors (Lipinski definition) is 1. The molecule has 2 amide bonds. The lowest BCUT2D eigenvalue weighted by molar-refractivity contribution is -0.133. The highest BCUT2D eigenvalue weighted by molar-refractivity contribution is 5.92. The summed E-state index contributed by atoms with van der Waals surface area (Å²) in [7, 11) is 1.81. The predicted molar refractivity (Wildman–Crippen MR) is 100 cm³/mol. The molecule has 2 aromatic rings. The molecule has 136 valence electrons. The number of aryl methyl sites for hydroxylation is 1. The van der Waals surface area contributed by atoms with Crippen LogP contribution in [0.15, 0.2) is 48.8 Å². The maximum Gasteiger partial charge on any atom is 0.226 e. The molecule has 1 saturated carbocycles. The van der Waals surface area contributed by atoms with Gasteiger partial charge in [-0.25, -0.2) is 0 Å². The number of nitrogens with one attached hydrogen (secondary N) is 1. The average molecular weight is 351 g/mol. The molecule has 1 heterocycles. The van der Waals surface area contributed by atoms with Gasteiger partial charge in [0.1, 0.15) is 0 Å². The number of amides is 2. The fraction of sp³-hybridized carbons (Fsp3) is 0.381. The molecule has 3 rings (SSSR count). The molecule has 1 aromatic heterocycles. The number of carbonyl (C=O) groups is 2. The number of likely N-dealkylation sites (N-methyl/N-ethyl adjacent to an activating group) is 1. The molecule has 0 aliphatic heterocycles. The highest BCUT2D eigenvalue weighted by Crippen LogP contribution is 2.40. The van der Waals surface area contributed by atoms with Crippen molar-refractivity contribution in [3.05, 3.63) is 65.5 Å². The fourth-order valence-corrected chi connectivity index (χ4v) is 3.12. The number of benzene rings is 1. The minimum Gasteiger partial charge on any atom is -0.352 e. The van der Waals surface area contributed by atoms with Crippen LogP contribution >= 0.6 is 0 Å². The van der Waals surface area contributed by atoms with E-state index in [1.54, 1.807) is 17.3 Å². The number of nitrogens with zero attached hydrogens (tertiary/aromatic N) is 2. The molecule has 1 aromatic carbocycles. The van der Waals surface area contributed by atoms with Crippen molar-refractivity contribution in [2.45, 2.75) is 26.3 Å². The molecular formula is C21H25N3O2. The van der Waals surface area contributed by atoms with Crippen molar-refractivity contribution in [2.75, 3.05) is 13.6 Å². The number of pyridine rings is 1. The van der Waals surface area contributed by atoms with E-state index < -0.39 is 0 Å². The van der Waals surface area contributed by atoms with Gasteiger partial charge in [-0.15, -0.1) is 0 Å². The van der Waals surface area contributed by atoms with Crippen LogP contribution in [-0.4, -0.2) is 35.3 Å². The first-order valence-corrected chi connectivity index (χ1v) is 9.02. The van der Waals surface area contributed by atoms with Crippen molar-refractivity contribution in [3.8, 4) is 0 Å². The van der Waals surface area contributed by atoms with Gasteiger partial charge in [-0.2, -0.15) is 0 Å². The lowest BCUT2D eigenvalue weighted by Crippen LogP contribution is -2.33. The van der Waals surface area contributed by atoms with Crippen LogP contribution in [0.25, 0.3) is 0 Å². The summed E-state index contributed by atoms with van der Waals surface area (Å²) in [5, 5.41) is 2.97. The minimum absolute atomic E-state index is 0.0193. The Hall–Kier alpha value is -2.69. The third-order valence-corrected chi connectivity index (χ3v) is 5.02. The number of rotatable bonds is 7. The van der Waals surface area contributed by atoms with Gasteiger partial charge in [0.15, 0.2) is 0 Å². The van der Waals surface area contributed by atoms with E-state index in [2.05, 4.69) is 10.3 Å². The largest absolute Gasteiger partial charge is 0.352 e. The molecular weight excluding hydrogens is 326 g/mol. The van der Waals surface area contributed by atoms with Crippen molar-refractivity contribution in [1.29, 1.82) is 0 Å². The van der Waals surface area contributed by atoms with E-state index in [4.69, 9.17) is 0 Å². The maximum absolute atomic E-state index is 12.5. The van der Waals surface area contributed by atoms with Gasteiger partial charge in [-0.1, -0.05) is 24.3 Å². The number of aromatic nitrogens is 1. The molecule has 0 spiro atoms. The summed E-state index contributed by atoms with van der Waals surface area (Å²) in [6.45, 7) is 3.19. The molecule has 5 nitrogen and oxygen atoms in total. The van der Waals surface area contributed by atoms with Crippen molar-refractivity contribution in [3.63, 3.8) is 0 Å². The average Bonchev–Trinajstić information content (AvgIpc) is 3.46. The zero-order chi connectivity index (χ0) is 18.5. The van der Waals surface area contributed by atoms with Crippen LogP contribution in [0.1, 0.15) is 23.1 Å². The van der Waals surface area contributed by atoms with Crippen LogP contribution in [0.2, 0.25) is 0 Å². The minimum atomic E-state index is -0.185. The zero-order valence-corrected chi connectivity index (χ0v) is 15.3. The van der Waals surface area contributed by atoms with Crippen LogP contribution in [0.4, 0.5) is 0 Å². The van der Waals surface area contributed by atoms with Crippen LogP contribution in [0.5, 0.6) is 0 Å². The summed E-state index contributed by atoms with van der Waals surface area (Å²) in [6, 6.07) is 11.9. The van der Waals surface area contributed by atoms with Crippen LogP contribution in [0.3, 0.4) is 0 Å². The Morgan fingerprint density at radius 1 is 1.15 bits per heavy atom. The summed E-state index contributed by atoms with van der Waals surface area (Å²) >= 11 is 0. The standard InChI is InChI=1S/C21H25N3O2/c1-15-5-3-4-6-17(15)14-23-20(25)18-13-19(18)21(26)24(2)12-9-16-7-10-22-11-8-16/h3-8,10-11,18-19H,9,12-14H2,1-2H3,(H,23,25). The van der Waals surface area contributed by atoms with E-state index in [9.17, 15) is 9.59 Å². The third kappa shape index (κ3) is 4.48. The van der Waals surface area contributed by atoms with Gasteiger partial charge >= 0.3 is 0 Å². The van der Waals surface area contributed by atoms with Crippen molar-refractivity contribution < 1.29 is 9.59 Å². The number of hydrogen-bond acceptors (Lipinski definition) is 3. The van der Waals surface area contributed by atoms with E-state index >= 15 is 0 Å². The monoisotopic (exact) mass is 351 g/mol. The van der Waals surface area contributed by atoms with Gasteiger partial charge in [0, 0.05) is 32.5 Å². The molecule has 1 N–H and O–H groups in total. The van der Waals surface area contributed by atoms with Crippen molar-refractivity contribution in [1.82, 2.24) is 15.2 Å². The Morgan fingerprint density at radius 2 is 1.88 bits per heavy atom. The van der Waals surface area contributed by atoms with Crippen LogP contribution < -0.4 is 5.32 Å². The highest BCUT2D eigenvalue weighted by Gasteiger charge is 2.48. The second-order valence-corrected chi connectivity index (χ2v) is 6.96. The summed E-state index contributed by atoms with van der Waals surface area (Å²) in [5.41, 5.74) is 3.42. The lowest BCUT2D eigenvalue weighted by atomic mass is 10.1. The molecule has 2 unspecified atom stereocenters. The lowest BCUT2D eigenvalue weighted by Gasteiger charge is -2.17. The Balaban J connectivity index is 1.44. The first kappa shape index (κ1) is 18.1. The van der Waals surface area contributed by atoms with Gasteiger partial charge in [0.05, 0.1) is 11.8 Å². The second-order valence-electron chi connectivity index (χ2n) is 6.96. The zero-order valence-electron chi connectivity index (χ0n) is 15.3. The normalized spacial score (nSPS) is 18.2. The van der Waals surface area contributed by atoms with E-state index in [1.807, 2.05) is 50.4 Å². The molecule has 0 radical (unpaired) electrons. The van der Waals surface area contributed by atoms with E-state index in [0.717, 1.165) is 23.1 Å². The molecule has 1 aliphatic carbocycles. The summed E-state index contributed by atoms with van der Waals surface area (Å²) < 4.78 is 0. The predicted octanol–water partition coefficient (Wildman–Crippen LogP) is 2.34. The summed E-state index contributed by atoms with van der Waals surface area (Å²) in [4.78, 5) is 30.6. The Morgan fingerprint density at radius 3 is 2.62 bits per heavy atom. The Bertz CT molecular complexity index is 776. The second kappa shape index (κ2) is 8.13. The first-order valence-electron chi connectivity index (χ1n) is 9.02. The van der Waals surface area contributed by atoms with Gasteiger partial charge in [-0.3, -0.25) is 14.6 Å². The maximum atomic E-state index is 12.5. The third-order valence-electron chi connectivity index (χ3n) is 5.02. The first-order chi connectivity index (χ1) is 12.6.